The van der Waals surface area contributed by atoms with Gasteiger partial charge in [-0.15, -0.1) is 0 Å². The molecule has 2 heterocycles. The highest BCUT2D eigenvalue weighted by molar-refractivity contribution is 5.93. The number of hydrogen-bond acceptors (Lipinski definition) is 5. The average Bonchev–Trinajstić information content (AvgIpc) is 2.62. The number of nitrogens with one attached hydrogen (secondary N) is 1. The molecule has 6 nitrogen and oxygen atoms in total. The minimum Gasteiger partial charge on any atom is -0.378 e. The Morgan fingerprint density at radius 1 is 1.12 bits per heavy atom. The molecule has 132 valence electrons. The van der Waals surface area contributed by atoms with Crippen molar-refractivity contribution in [3.63, 3.8) is 0 Å². The second-order valence-electron chi connectivity index (χ2n) is 7.15. The van der Waals surface area contributed by atoms with Gasteiger partial charge in [0.05, 0.1) is 13.2 Å². The lowest BCUT2D eigenvalue weighted by Gasteiger charge is -2.26. The van der Waals surface area contributed by atoms with E-state index < -0.39 is 0 Å². The first-order chi connectivity index (χ1) is 11.9. The average molecular weight is 340 g/mol. The second-order valence-corrected chi connectivity index (χ2v) is 7.15. The molecule has 6 heteroatoms. The molecule has 0 bridgehead atoms. The number of rotatable bonds is 3. The molecule has 1 aliphatic rings. The first-order valence-electron chi connectivity index (χ1n) is 8.50. The number of benzene rings is 1. The maximum absolute atomic E-state index is 12.5. The van der Waals surface area contributed by atoms with Crippen molar-refractivity contribution in [1.29, 1.82) is 0 Å². The maximum atomic E-state index is 12.5. The summed E-state index contributed by atoms with van der Waals surface area (Å²) in [6, 6.07) is 9.93. The fourth-order valence-corrected chi connectivity index (χ4v) is 2.67. The van der Waals surface area contributed by atoms with E-state index in [-0.39, 0.29) is 11.3 Å². The van der Waals surface area contributed by atoms with Crippen LogP contribution in [0.15, 0.2) is 36.7 Å². The first kappa shape index (κ1) is 17.4. The topological polar surface area (TPSA) is 67.4 Å². The van der Waals surface area contributed by atoms with E-state index in [0.717, 1.165) is 5.69 Å². The standard InChI is InChI=1S/C19H24N4O2/c1-19(2,3)14-4-6-15(7-5-14)22-17-12-16(20-13-21-17)18(24)23-8-10-25-11-9-23/h4-7,12-13H,8-11H2,1-3H3,(H,20,21,22). The van der Waals surface area contributed by atoms with Crippen LogP contribution in [0.4, 0.5) is 11.5 Å². The molecule has 3 rings (SSSR count). The van der Waals surface area contributed by atoms with Crippen LogP contribution in [0.1, 0.15) is 36.8 Å². The van der Waals surface area contributed by atoms with Crippen LogP contribution >= 0.6 is 0 Å². The predicted octanol–water partition coefficient (Wildman–Crippen LogP) is 2.99. The Bertz CT molecular complexity index is 732. The SMILES string of the molecule is CC(C)(C)c1ccc(Nc2cc(C(=O)N3CCOCC3)ncn2)cc1. The number of carbonyl (C=O) groups excluding carboxylic acids is 1. The van der Waals surface area contributed by atoms with Gasteiger partial charge < -0.3 is 15.0 Å². The van der Waals surface area contributed by atoms with Crippen molar-refractivity contribution < 1.29 is 9.53 Å². The molecule has 1 aliphatic heterocycles. The molecule has 0 radical (unpaired) electrons. The lowest BCUT2D eigenvalue weighted by molar-refractivity contribution is 0.0299. The summed E-state index contributed by atoms with van der Waals surface area (Å²) < 4.78 is 5.28. The van der Waals surface area contributed by atoms with Crippen molar-refractivity contribution in [2.45, 2.75) is 26.2 Å². The number of aromatic nitrogens is 2. The zero-order chi connectivity index (χ0) is 17.9. The van der Waals surface area contributed by atoms with Crippen molar-refractivity contribution in [2.75, 3.05) is 31.6 Å². The van der Waals surface area contributed by atoms with Crippen LogP contribution in [0, 0.1) is 0 Å². The number of ether oxygens (including phenoxy) is 1. The molecule has 0 unspecified atom stereocenters. The van der Waals surface area contributed by atoms with Gasteiger partial charge in [-0.05, 0) is 23.1 Å². The fraction of sp³-hybridized carbons (Fsp3) is 0.421. The molecule has 0 saturated carbocycles. The largest absolute Gasteiger partial charge is 0.378 e. The molecule has 1 fully saturated rings. The van der Waals surface area contributed by atoms with Gasteiger partial charge in [-0.2, -0.15) is 0 Å². The van der Waals surface area contributed by atoms with Gasteiger partial charge in [-0.25, -0.2) is 9.97 Å². The van der Waals surface area contributed by atoms with Crippen molar-refractivity contribution in [2.24, 2.45) is 0 Å². The summed E-state index contributed by atoms with van der Waals surface area (Å²) in [5.41, 5.74) is 2.71. The van der Waals surface area contributed by atoms with Gasteiger partial charge in [0.15, 0.2) is 0 Å². The van der Waals surface area contributed by atoms with E-state index in [2.05, 4.69) is 48.2 Å². The molecule has 0 aliphatic carbocycles. The number of hydrogen-bond donors (Lipinski definition) is 1. The van der Waals surface area contributed by atoms with Crippen LogP contribution in [0.2, 0.25) is 0 Å². The highest BCUT2D eigenvalue weighted by Gasteiger charge is 2.20. The highest BCUT2D eigenvalue weighted by Crippen LogP contribution is 2.24. The third kappa shape index (κ3) is 4.33. The smallest absolute Gasteiger partial charge is 0.272 e. The molecule has 2 aromatic rings. The van der Waals surface area contributed by atoms with Crippen LogP contribution in [0.3, 0.4) is 0 Å². The zero-order valence-electron chi connectivity index (χ0n) is 15.0. The van der Waals surface area contributed by atoms with E-state index in [4.69, 9.17) is 4.74 Å². The van der Waals surface area contributed by atoms with Crippen LogP contribution in [0.25, 0.3) is 0 Å². The minimum absolute atomic E-state index is 0.0863. The minimum atomic E-state index is -0.0863. The Morgan fingerprint density at radius 3 is 2.44 bits per heavy atom. The summed E-state index contributed by atoms with van der Waals surface area (Å²) in [5, 5.41) is 3.23. The molecule has 1 amide bonds. The van der Waals surface area contributed by atoms with Crippen LogP contribution in [0.5, 0.6) is 0 Å². The van der Waals surface area contributed by atoms with Gasteiger partial charge >= 0.3 is 0 Å². The molecular formula is C19H24N4O2. The van der Waals surface area contributed by atoms with Gasteiger partial charge in [0.2, 0.25) is 0 Å². The Balaban J connectivity index is 1.72. The lowest BCUT2D eigenvalue weighted by Crippen LogP contribution is -2.41. The van der Waals surface area contributed by atoms with E-state index >= 15 is 0 Å². The van der Waals surface area contributed by atoms with E-state index in [1.165, 1.54) is 11.9 Å². The summed E-state index contributed by atoms with van der Waals surface area (Å²) in [4.78, 5) is 22.6. The van der Waals surface area contributed by atoms with E-state index in [9.17, 15) is 4.79 Å². The molecule has 25 heavy (non-hydrogen) atoms. The van der Waals surface area contributed by atoms with Gasteiger partial charge in [0.25, 0.3) is 5.91 Å². The van der Waals surface area contributed by atoms with Crippen molar-refractivity contribution in [3.05, 3.63) is 47.9 Å². The van der Waals surface area contributed by atoms with Crippen LogP contribution < -0.4 is 5.32 Å². The van der Waals surface area contributed by atoms with Gasteiger partial charge in [-0.3, -0.25) is 4.79 Å². The first-order valence-corrected chi connectivity index (χ1v) is 8.50. The molecule has 1 aromatic carbocycles. The molecule has 1 N–H and O–H groups in total. The molecular weight excluding hydrogens is 316 g/mol. The number of amides is 1. The van der Waals surface area contributed by atoms with Gasteiger partial charge in [-0.1, -0.05) is 32.9 Å². The van der Waals surface area contributed by atoms with Gasteiger partial charge in [0.1, 0.15) is 17.8 Å². The summed E-state index contributed by atoms with van der Waals surface area (Å²) in [6.07, 6.45) is 1.42. The van der Waals surface area contributed by atoms with Gasteiger partial charge in [0, 0.05) is 24.8 Å². The quantitative estimate of drug-likeness (QED) is 0.930. The third-order valence-electron chi connectivity index (χ3n) is 4.21. The Morgan fingerprint density at radius 2 is 1.80 bits per heavy atom. The Hall–Kier alpha value is -2.47. The predicted molar refractivity (Wildman–Crippen MR) is 97.2 cm³/mol. The Labute approximate surface area is 148 Å². The zero-order valence-corrected chi connectivity index (χ0v) is 15.0. The molecule has 1 saturated heterocycles. The molecule has 1 aromatic heterocycles. The summed E-state index contributed by atoms with van der Waals surface area (Å²) in [5.74, 6) is 0.520. The molecule has 0 atom stereocenters. The van der Waals surface area contributed by atoms with Crippen molar-refractivity contribution in [1.82, 2.24) is 14.9 Å². The maximum Gasteiger partial charge on any atom is 0.272 e. The van der Waals surface area contributed by atoms with Crippen molar-refractivity contribution in [3.8, 4) is 0 Å². The Kier molecular flexibility index (Phi) is 4.99. The number of carbonyl (C=O) groups is 1. The van der Waals surface area contributed by atoms with E-state index in [1.54, 1.807) is 11.0 Å². The second kappa shape index (κ2) is 7.19. The lowest BCUT2D eigenvalue weighted by atomic mass is 9.87. The number of anilines is 2. The van der Waals surface area contributed by atoms with E-state index in [1.807, 2.05) is 12.1 Å². The number of nitrogens with zero attached hydrogens (tertiary/aromatic N) is 3. The van der Waals surface area contributed by atoms with Crippen LogP contribution in [-0.4, -0.2) is 47.1 Å². The monoisotopic (exact) mass is 340 g/mol. The van der Waals surface area contributed by atoms with Crippen LogP contribution in [-0.2, 0) is 10.2 Å². The summed E-state index contributed by atoms with van der Waals surface area (Å²) >= 11 is 0. The third-order valence-corrected chi connectivity index (χ3v) is 4.21. The fourth-order valence-electron chi connectivity index (χ4n) is 2.67. The summed E-state index contributed by atoms with van der Waals surface area (Å²) in [6.45, 7) is 8.89. The summed E-state index contributed by atoms with van der Waals surface area (Å²) in [7, 11) is 0. The highest BCUT2D eigenvalue weighted by atomic mass is 16.5. The number of morpholine rings is 1. The molecule has 0 spiro atoms. The van der Waals surface area contributed by atoms with E-state index in [0.29, 0.717) is 37.8 Å². The normalized spacial score (nSPS) is 15.1. The van der Waals surface area contributed by atoms with Crippen molar-refractivity contribution >= 4 is 17.4 Å².